The van der Waals surface area contributed by atoms with Gasteiger partial charge in [-0.05, 0) is 109 Å². The summed E-state index contributed by atoms with van der Waals surface area (Å²) in [6.45, 7) is 0. The van der Waals surface area contributed by atoms with Gasteiger partial charge in [0.05, 0.1) is 0 Å². The Balaban J connectivity index is 1.20. The van der Waals surface area contributed by atoms with Crippen molar-refractivity contribution < 1.29 is 9.05 Å². The molecule has 4 aromatic heterocycles. The minimum atomic E-state index is -1.14. The molecule has 9 rings (SSSR count). The highest BCUT2D eigenvalue weighted by molar-refractivity contribution is 7.49. The van der Waals surface area contributed by atoms with E-state index in [1.165, 1.54) is 35.1 Å². The highest BCUT2D eigenvalue weighted by Gasteiger charge is 2.62. The van der Waals surface area contributed by atoms with Crippen LogP contribution in [0.15, 0.2) is 135 Å². The smallest absolute Gasteiger partial charge is 0.317 e. The molecule has 43 heavy (non-hydrogen) atoms. The molecule has 3 aliphatic rings. The van der Waals surface area contributed by atoms with Crippen LogP contribution in [0.25, 0.3) is 0 Å². The van der Waals surface area contributed by atoms with E-state index in [0.717, 1.165) is 24.3 Å². The number of fused-ring (bicyclic) bond motifs is 2. The van der Waals surface area contributed by atoms with E-state index in [1.807, 2.05) is 0 Å². The van der Waals surface area contributed by atoms with Gasteiger partial charge in [-0.1, -0.05) is 24.3 Å². The van der Waals surface area contributed by atoms with Crippen LogP contribution in [0.3, 0.4) is 0 Å². The molecule has 8 heteroatoms. The second-order valence-corrected chi connectivity index (χ2v) is 15.0. The first-order valence-electron chi connectivity index (χ1n) is 15.0. The fourth-order valence-electron chi connectivity index (χ4n) is 8.14. The molecule has 2 atom stereocenters. The molecule has 0 radical (unpaired) electrons. The fourth-order valence-corrected chi connectivity index (χ4v) is 11.2. The van der Waals surface area contributed by atoms with Gasteiger partial charge < -0.3 is 9.05 Å². The van der Waals surface area contributed by atoms with Gasteiger partial charge >= 0.3 is 16.9 Å². The maximum Gasteiger partial charge on any atom is 0.317 e. The second kappa shape index (κ2) is 10.0. The average molecular weight is 603 g/mol. The van der Waals surface area contributed by atoms with E-state index in [1.54, 1.807) is 0 Å². The van der Waals surface area contributed by atoms with Gasteiger partial charge in [-0.25, -0.2) is 0 Å². The lowest BCUT2D eigenvalue weighted by molar-refractivity contribution is 0.338. The summed E-state index contributed by atoms with van der Waals surface area (Å²) in [7, 11) is -2.28. The number of aromatic nitrogens is 4. The molecular formula is C35H32N4O2P2. The Hall–Kier alpha value is -3.98. The summed E-state index contributed by atoms with van der Waals surface area (Å²) in [5, 5.41) is 0. The minimum Gasteiger partial charge on any atom is -0.436 e. The van der Waals surface area contributed by atoms with Gasteiger partial charge in [0.15, 0.2) is 0 Å². The third-order valence-electron chi connectivity index (χ3n) is 9.64. The zero-order chi connectivity index (χ0) is 28.4. The van der Waals surface area contributed by atoms with E-state index in [4.69, 9.17) is 9.05 Å². The quantitative estimate of drug-likeness (QED) is 0.164. The third kappa shape index (κ3) is 3.86. The topological polar surface area (TPSA) is 38.2 Å². The second-order valence-electron chi connectivity index (χ2n) is 11.8. The van der Waals surface area contributed by atoms with Crippen molar-refractivity contribution in [3.63, 3.8) is 0 Å². The Kier molecular flexibility index (Phi) is 5.96. The first-order valence-corrected chi connectivity index (χ1v) is 17.4. The molecule has 6 nitrogen and oxygen atoms in total. The van der Waals surface area contributed by atoms with E-state index in [0.29, 0.717) is 11.8 Å². The Morgan fingerprint density at radius 2 is 0.837 bits per heavy atom. The minimum absolute atomic E-state index is 0.111. The van der Waals surface area contributed by atoms with Crippen LogP contribution in [-0.4, -0.2) is 17.4 Å². The lowest BCUT2D eigenvalue weighted by Gasteiger charge is -2.36. The average Bonchev–Trinajstić information content (AvgIpc) is 3.88. The summed E-state index contributed by atoms with van der Waals surface area (Å²) >= 11 is 0. The molecule has 1 saturated carbocycles. The molecule has 4 heterocycles. The zero-order valence-corrected chi connectivity index (χ0v) is 25.5. The van der Waals surface area contributed by atoms with Crippen molar-refractivity contribution in [3.8, 4) is 11.5 Å². The van der Waals surface area contributed by atoms with Crippen LogP contribution in [0.4, 0.5) is 0 Å². The van der Waals surface area contributed by atoms with Crippen molar-refractivity contribution in [2.75, 3.05) is 0 Å². The molecule has 0 unspecified atom stereocenters. The van der Waals surface area contributed by atoms with Gasteiger partial charge in [0.25, 0.3) is 0 Å². The van der Waals surface area contributed by atoms with Gasteiger partial charge in [0.2, 0.25) is 0 Å². The largest absolute Gasteiger partial charge is 0.436 e. The van der Waals surface area contributed by atoms with Gasteiger partial charge in [-0.15, -0.1) is 0 Å². The van der Waals surface area contributed by atoms with Gasteiger partial charge in [0, 0.05) is 66.1 Å². The first-order chi connectivity index (χ1) is 21.3. The zero-order valence-electron chi connectivity index (χ0n) is 23.7. The molecule has 0 aliphatic heterocycles. The number of hydrogen-bond donors (Lipinski definition) is 0. The predicted octanol–water partition coefficient (Wildman–Crippen LogP) is 8.72. The van der Waals surface area contributed by atoms with Gasteiger partial charge in [-0.3, -0.25) is 17.4 Å². The van der Waals surface area contributed by atoms with Crippen LogP contribution in [0.2, 0.25) is 0 Å². The highest BCUT2D eigenvalue weighted by atomic mass is 31.2. The summed E-state index contributed by atoms with van der Waals surface area (Å²) in [5.41, 5.74) is 5.55. The normalized spacial score (nSPS) is 21.6. The van der Waals surface area contributed by atoms with Gasteiger partial charge in [0.1, 0.15) is 11.5 Å². The van der Waals surface area contributed by atoms with Crippen molar-refractivity contribution in [1.82, 2.24) is 17.4 Å². The molecule has 0 saturated heterocycles. The summed E-state index contributed by atoms with van der Waals surface area (Å²) in [6, 6.07) is 30.1. The van der Waals surface area contributed by atoms with Crippen molar-refractivity contribution >= 4 is 16.9 Å². The van der Waals surface area contributed by atoms with Crippen LogP contribution in [-0.2, 0) is 18.3 Å². The number of hydrogen-bond acceptors (Lipinski definition) is 2. The number of benzene rings is 2. The molecule has 0 N–H and O–H groups in total. The van der Waals surface area contributed by atoms with E-state index in [2.05, 4.69) is 152 Å². The molecule has 3 aliphatic carbocycles. The van der Waals surface area contributed by atoms with E-state index < -0.39 is 16.9 Å². The number of nitrogens with zero attached hydrogens (tertiary/aromatic N) is 4. The Bertz CT molecular complexity index is 1660. The van der Waals surface area contributed by atoms with E-state index in [9.17, 15) is 0 Å². The van der Waals surface area contributed by atoms with Crippen molar-refractivity contribution in [2.45, 2.75) is 31.1 Å². The summed E-state index contributed by atoms with van der Waals surface area (Å²) < 4.78 is 23.1. The SMILES string of the molecule is c1cc2c(c(OP(n3cccc3)n3cccc3)c1)C13c4c(cccc4OP(n4cccc4)n4cccc4)C[C@H]1CC[C@@H]3C2. The first kappa shape index (κ1) is 25.5. The maximum absolute atomic E-state index is 7.16. The molecule has 0 amide bonds. The standard InChI is InChI=1S/C35H32N4O2P2/c1-2-18-36(17-1)42(37-19-3-4-20-37)40-31-13-9-11-27-25-29-15-16-30-26-28-12-10-14-32(34(28)35(29,30)33(27)31)41-43(38-21-5-6-22-38)39-23-7-8-24-39/h1-14,17-24,29-30H,15-16,25-26H2/t29-,30-,35?/m1/s1. The van der Waals surface area contributed by atoms with Gasteiger partial charge in [-0.2, -0.15) is 0 Å². The number of rotatable bonds is 8. The van der Waals surface area contributed by atoms with Crippen LogP contribution in [0.1, 0.15) is 35.1 Å². The lowest BCUT2D eigenvalue weighted by Crippen LogP contribution is -2.32. The summed E-state index contributed by atoms with van der Waals surface area (Å²) in [5.74, 6) is 3.11. The molecular weight excluding hydrogens is 570 g/mol. The molecule has 2 aromatic carbocycles. The molecule has 0 bridgehead atoms. The van der Waals surface area contributed by atoms with Crippen LogP contribution in [0.5, 0.6) is 11.5 Å². The molecule has 1 spiro atoms. The van der Waals surface area contributed by atoms with Crippen LogP contribution < -0.4 is 9.05 Å². The monoisotopic (exact) mass is 602 g/mol. The van der Waals surface area contributed by atoms with E-state index >= 15 is 0 Å². The maximum atomic E-state index is 7.16. The predicted molar refractivity (Wildman–Crippen MR) is 172 cm³/mol. The molecule has 1 fully saturated rings. The van der Waals surface area contributed by atoms with Crippen LogP contribution >= 0.6 is 16.9 Å². The van der Waals surface area contributed by atoms with Crippen molar-refractivity contribution in [2.24, 2.45) is 11.8 Å². The molecule has 6 aromatic rings. The van der Waals surface area contributed by atoms with Crippen molar-refractivity contribution in [1.29, 1.82) is 0 Å². The summed E-state index contributed by atoms with van der Waals surface area (Å²) in [4.78, 5) is 0. The Morgan fingerprint density at radius 1 is 0.488 bits per heavy atom. The molecule has 214 valence electrons. The Labute approximate surface area is 254 Å². The van der Waals surface area contributed by atoms with E-state index in [-0.39, 0.29) is 5.41 Å². The summed E-state index contributed by atoms with van der Waals surface area (Å²) in [6.07, 6.45) is 21.5. The van der Waals surface area contributed by atoms with Crippen LogP contribution in [0, 0.1) is 11.8 Å². The van der Waals surface area contributed by atoms with Crippen molar-refractivity contribution in [3.05, 3.63) is 157 Å². The highest BCUT2D eigenvalue weighted by Crippen LogP contribution is 2.69. The Morgan fingerprint density at radius 3 is 1.19 bits per heavy atom. The lowest BCUT2D eigenvalue weighted by atomic mass is 9.69. The third-order valence-corrected chi connectivity index (χ3v) is 13.0. The fraction of sp³-hybridized carbons (Fsp3) is 0.200.